The third-order valence-corrected chi connectivity index (χ3v) is 1.97. The zero-order chi connectivity index (χ0) is 9.97. The molecular weight excluding hydrogens is 180 g/mol. The van der Waals surface area contributed by atoms with E-state index in [9.17, 15) is 5.11 Å². The summed E-state index contributed by atoms with van der Waals surface area (Å²) in [5, 5.41) is 9.26. The summed E-state index contributed by atoms with van der Waals surface area (Å²) in [7, 11) is 1.56. The molecule has 4 nitrogen and oxygen atoms in total. The van der Waals surface area contributed by atoms with Gasteiger partial charge in [0.2, 0.25) is 0 Å². The fourth-order valence-electron chi connectivity index (χ4n) is 1.31. The van der Waals surface area contributed by atoms with Crippen LogP contribution in [0.15, 0.2) is 30.7 Å². The topological polar surface area (TPSA) is 58.1 Å². The van der Waals surface area contributed by atoms with E-state index in [0.717, 1.165) is 11.3 Å². The van der Waals surface area contributed by atoms with Gasteiger partial charge in [0.15, 0.2) is 0 Å². The Hall–Kier alpha value is -1.97. The van der Waals surface area contributed by atoms with Gasteiger partial charge in [-0.25, -0.2) is 4.98 Å². The third-order valence-electron chi connectivity index (χ3n) is 1.97. The standard InChI is InChI=1S/C10H10N2O2/c1-14-10-4-7(13)2-3-8(10)9-5-11-6-12-9/h2-6,13H,1H3,(H,11,12). The highest BCUT2D eigenvalue weighted by molar-refractivity contribution is 5.67. The summed E-state index contributed by atoms with van der Waals surface area (Å²) in [4.78, 5) is 6.90. The number of phenolic OH excluding ortho intramolecular Hbond substituents is 1. The molecule has 72 valence electrons. The zero-order valence-electron chi connectivity index (χ0n) is 7.69. The summed E-state index contributed by atoms with van der Waals surface area (Å²) in [6.07, 6.45) is 3.30. The summed E-state index contributed by atoms with van der Waals surface area (Å²) in [6.45, 7) is 0. The number of H-pyrrole nitrogens is 1. The summed E-state index contributed by atoms with van der Waals surface area (Å²) < 4.78 is 5.14. The number of phenols is 1. The van der Waals surface area contributed by atoms with Crippen LogP contribution in [0.4, 0.5) is 0 Å². The molecule has 0 spiro atoms. The molecule has 2 rings (SSSR count). The zero-order valence-corrected chi connectivity index (χ0v) is 7.69. The van der Waals surface area contributed by atoms with Gasteiger partial charge < -0.3 is 14.8 Å². The summed E-state index contributed by atoms with van der Waals surface area (Å²) in [5.74, 6) is 0.805. The monoisotopic (exact) mass is 190 g/mol. The third kappa shape index (κ3) is 1.42. The maximum absolute atomic E-state index is 9.26. The van der Waals surface area contributed by atoms with Gasteiger partial charge in [0.25, 0.3) is 0 Å². The molecule has 2 aromatic rings. The Labute approximate surface area is 81.2 Å². The van der Waals surface area contributed by atoms with Crippen LogP contribution in [0, 0.1) is 0 Å². The van der Waals surface area contributed by atoms with Crippen molar-refractivity contribution in [3.63, 3.8) is 0 Å². The second-order valence-electron chi connectivity index (χ2n) is 2.85. The van der Waals surface area contributed by atoms with Crippen molar-refractivity contribution < 1.29 is 9.84 Å². The smallest absolute Gasteiger partial charge is 0.131 e. The number of nitrogens with one attached hydrogen (secondary N) is 1. The maximum Gasteiger partial charge on any atom is 0.131 e. The fourth-order valence-corrected chi connectivity index (χ4v) is 1.31. The molecule has 0 amide bonds. The number of ether oxygens (including phenoxy) is 1. The Morgan fingerprint density at radius 3 is 2.93 bits per heavy atom. The molecule has 1 heterocycles. The largest absolute Gasteiger partial charge is 0.508 e. The Morgan fingerprint density at radius 2 is 2.29 bits per heavy atom. The van der Waals surface area contributed by atoms with Gasteiger partial charge >= 0.3 is 0 Å². The lowest BCUT2D eigenvalue weighted by Crippen LogP contribution is -1.87. The molecule has 1 aromatic heterocycles. The van der Waals surface area contributed by atoms with Crippen LogP contribution in [0.2, 0.25) is 0 Å². The average Bonchev–Trinajstić information content (AvgIpc) is 2.70. The molecule has 0 aliphatic carbocycles. The van der Waals surface area contributed by atoms with Crippen molar-refractivity contribution in [3.8, 4) is 22.8 Å². The molecule has 0 saturated carbocycles. The Morgan fingerprint density at radius 1 is 1.43 bits per heavy atom. The lowest BCUT2D eigenvalue weighted by Gasteiger charge is -2.06. The Kier molecular flexibility index (Phi) is 2.10. The normalized spacial score (nSPS) is 10.1. The van der Waals surface area contributed by atoms with E-state index in [4.69, 9.17) is 4.74 Å². The highest BCUT2D eigenvalue weighted by Crippen LogP contribution is 2.31. The number of benzene rings is 1. The van der Waals surface area contributed by atoms with Gasteiger partial charge in [0.05, 0.1) is 25.3 Å². The highest BCUT2D eigenvalue weighted by Gasteiger charge is 2.06. The number of aromatic amines is 1. The first-order chi connectivity index (χ1) is 6.81. The van der Waals surface area contributed by atoms with Gasteiger partial charge in [-0.15, -0.1) is 0 Å². The number of methoxy groups -OCH3 is 1. The minimum Gasteiger partial charge on any atom is -0.508 e. The van der Waals surface area contributed by atoms with Crippen molar-refractivity contribution in [2.45, 2.75) is 0 Å². The van der Waals surface area contributed by atoms with Crippen LogP contribution in [0.1, 0.15) is 0 Å². The molecule has 0 unspecified atom stereocenters. The number of aromatic hydroxyl groups is 1. The van der Waals surface area contributed by atoms with Gasteiger partial charge in [0, 0.05) is 11.6 Å². The molecule has 0 bridgehead atoms. The van der Waals surface area contributed by atoms with Crippen LogP contribution in [0.25, 0.3) is 11.3 Å². The van der Waals surface area contributed by atoms with Crippen LogP contribution < -0.4 is 4.74 Å². The van der Waals surface area contributed by atoms with E-state index in [-0.39, 0.29) is 5.75 Å². The van der Waals surface area contributed by atoms with Gasteiger partial charge in [-0.05, 0) is 12.1 Å². The van der Waals surface area contributed by atoms with Crippen molar-refractivity contribution in [2.75, 3.05) is 7.11 Å². The van der Waals surface area contributed by atoms with Crippen LogP contribution in [0.3, 0.4) is 0 Å². The number of nitrogens with zero attached hydrogens (tertiary/aromatic N) is 1. The second kappa shape index (κ2) is 3.41. The lowest BCUT2D eigenvalue weighted by molar-refractivity contribution is 0.409. The predicted octanol–water partition coefficient (Wildman–Crippen LogP) is 1.79. The first-order valence-corrected chi connectivity index (χ1v) is 4.17. The van der Waals surface area contributed by atoms with E-state index in [1.165, 1.54) is 0 Å². The van der Waals surface area contributed by atoms with Crippen LogP contribution >= 0.6 is 0 Å². The number of hydrogen-bond acceptors (Lipinski definition) is 3. The van der Waals surface area contributed by atoms with Crippen molar-refractivity contribution in [1.82, 2.24) is 9.97 Å². The molecular formula is C10H10N2O2. The molecule has 0 saturated heterocycles. The minimum atomic E-state index is 0.185. The number of aromatic nitrogens is 2. The fraction of sp³-hybridized carbons (Fsp3) is 0.100. The van der Waals surface area contributed by atoms with Gasteiger partial charge in [-0.1, -0.05) is 0 Å². The van der Waals surface area contributed by atoms with Gasteiger partial charge in [-0.2, -0.15) is 0 Å². The molecule has 0 atom stereocenters. The molecule has 0 radical (unpaired) electrons. The van der Waals surface area contributed by atoms with Gasteiger partial charge in [0.1, 0.15) is 11.5 Å². The number of rotatable bonds is 2. The van der Waals surface area contributed by atoms with E-state index in [1.807, 2.05) is 0 Å². The molecule has 4 heteroatoms. The van der Waals surface area contributed by atoms with Crippen molar-refractivity contribution >= 4 is 0 Å². The summed E-state index contributed by atoms with van der Waals surface area (Å²) >= 11 is 0. The first-order valence-electron chi connectivity index (χ1n) is 4.17. The highest BCUT2D eigenvalue weighted by atomic mass is 16.5. The molecule has 0 aliphatic heterocycles. The predicted molar refractivity (Wildman–Crippen MR) is 52.2 cm³/mol. The first kappa shape index (κ1) is 8.62. The second-order valence-corrected chi connectivity index (χ2v) is 2.85. The summed E-state index contributed by atoms with van der Waals surface area (Å²) in [5.41, 5.74) is 1.74. The molecule has 2 N–H and O–H groups in total. The Balaban J connectivity index is 2.53. The molecule has 0 fully saturated rings. The van der Waals surface area contributed by atoms with Crippen LogP contribution in [0.5, 0.6) is 11.5 Å². The van der Waals surface area contributed by atoms with Crippen LogP contribution in [-0.2, 0) is 0 Å². The van der Waals surface area contributed by atoms with E-state index in [0.29, 0.717) is 5.75 Å². The van der Waals surface area contributed by atoms with Crippen molar-refractivity contribution in [1.29, 1.82) is 0 Å². The SMILES string of the molecule is COc1cc(O)ccc1-c1cnc[nH]1. The number of hydrogen-bond donors (Lipinski definition) is 2. The quantitative estimate of drug-likeness (QED) is 0.759. The molecule has 0 aliphatic rings. The minimum absolute atomic E-state index is 0.185. The van der Waals surface area contributed by atoms with E-state index < -0.39 is 0 Å². The molecule has 1 aromatic carbocycles. The van der Waals surface area contributed by atoms with Crippen molar-refractivity contribution in [2.24, 2.45) is 0 Å². The average molecular weight is 190 g/mol. The van der Waals surface area contributed by atoms with Crippen LogP contribution in [-0.4, -0.2) is 22.2 Å². The Bertz CT molecular complexity index is 424. The van der Waals surface area contributed by atoms with Crippen molar-refractivity contribution in [3.05, 3.63) is 30.7 Å². The number of imidazole rings is 1. The van der Waals surface area contributed by atoms with E-state index in [1.54, 1.807) is 37.8 Å². The summed E-state index contributed by atoms with van der Waals surface area (Å²) in [6, 6.07) is 4.95. The maximum atomic E-state index is 9.26. The molecule has 14 heavy (non-hydrogen) atoms. The lowest BCUT2D eigenvalue weighted by atomic mass is 10.1. The van der Waals surface area contributed by atoms with Gasteiger partial charge in [-0.3, -0.25) is 0 Å². The van der Waals surface area contributed by atoms with E-state index in [2.05, 4.69) is 9.97 Å². The van der Waals surface area contributed by atoms with E-state index >= 15 is 0 Å².